The number of carbonyl (C=O) groups excluding carboxylic acids is 1. The molecule has 1 nitrogen and oxygen atoms in total. The topological polar surface area (TPSA) is 17.1 Å². The van der Waals surface area contributed by atoms with Crippen LogP contribution in [-0.2, 0) is 12.8 Å². The summed E-state index contributed by atoms with van der Waals surface area (Å²) in [6.45, 7) is 4.53. The molecular formula is C37H43FOS4. The Morgan fingerprint density at radius 1 is 0.651 bits per heavy atom. The molecule has 228 valence electrons. The zero-order chi connectivity index (χ0) is 30.0. The Balaban J connectivity index is 1.39. The van der Waals surface area contributed by atoms with E-state index >= 15 is 0 Å². The van der Waals surface area contributed by atoms with Gasteiger partial charge in [0.25, 0.3) is 0 Å². The van der Waals surface area contributed by atoms with E-state index in [2.05, 4.69) is 42.8 Å². The van der Waals surface area contributed by atoms with Gasteiger partial charge in [-0.1, -0.05) is 78.1 Å². The van der Waals surface area contributed by atoms with E-state index in [1.165, 1.54) is 130 Å². The van der Waals surface area contributed by atoms with Gasteiger partial charge in [0.05, 0.1) is 19.3 Å². The summed E-state index contributed by atoms with van der Waals surface area (Å²) in [5, 5.41) is 5.83. The lowest BCUT2D eigenvalue weighted by Crippen LogP contribution is -1.98. The maximum atomic E-state index is 13.5. The standard InChI is InChI=1S/C37H43FOS4/c1-3-5-7-9-11-13-15-26-21-32(40-24-26)35-30-23-31(34(39)28-17-19-29(38)20-18-28)42-36(30)37(43-35)33-22-27(25-41-33)16-14-12-10-8-6-4-2/h17-25H,3-16H2,1-2H3. The molecule has 0 radical (unpaired) electrons. The molecule has 0 aliphatic rings. The molecule has 4 aromatic heterocycles. The van der Waals surface area contributed by atoms with Crippen molar-refractivity contribution in [2.45, 2.75) is 104 Å². The molecule has 0 saturated heterocycles. The van der Waals surface area contributed by atoms with Crippen LogP contribution in [0.3, 0.4) is 0 Å². The van der Waals surface area contributed by atoms with Crippen molar-refractivity contribution in [1.29, 1.82) is 0 Å². The average Bonchev–Trinajstić information content (AvgIpc) is 3.81. The second-order valence-electron chi connectivity index (χ2n) is 11.6. The summed E-state index contributed by atoms with van der Waals surface area (Å²) in [6, 6.07) is 12.8. The second-order valence-corrected chi connectivity index (χ2v) is 15.5. The van der Waals surface area contributed by atoms with Gasteiger partial charge in [0.1, 0.15) is 5.82 Å². The summed E-state index contributed by atoms with van der Waals surface area (Å²) >= 11 is 7.13. The molecule has 0 bridgehead atoms. The van der Waals surface area contributed by atoms with Crippen LogP contribution in [0.5, 0.6) is 0 Å². The maximum absolute atomic E-state index is 13.5. The van der Waals surface area contributed by atoms with Gasteiger partial charge in [-0.2, -0.15) is 0 Å². The monoisotopic (exact) mass is 650 g/mol. The van der Waals surface area contributed by atoms with Crippen molar-refractivity contribution in [2.75, 3.05) is 0 Å². The fourth-order valence-corrected chi connectivity index (χ4v) is 10.4. The number of rotatable bonds is 18. The third-order valence-electron chi connectivity index (χ3n) is 8.11. The van der Waals surface area contributed by atoms with E-state index in [4.69, 9.17) is 0 Å². The molecule has 5 rings (SSSR count). The van der Waals surface area contributed by atoms with Gasteiger partial charge in [0.15, 0.2) is 0 Å². The molecular weight excluding hydrogens is 608 g/mol. The highest BCUT2D eigenvalue weighted by Crippen LogP contribution is 2.50. The first-order valence-electron chi connectivity index (χ1n) is 16.1. The van der Waals surface area contributed by atoms with E-state index in [0.717, 1.165) is 17.7 Å². The predicted octanol–water partition coefficient (Wildman–Crippen LogP) is 13.6. The van der Waals surface area contributed by atoms with Gasteiger partial charge in [0, 0.05) is 20.7 Å². The highest BCUT2D eigenvalue weighted by molar-refractivity contribution is 7.32. The van der Waals surface area contributed by atoms with Crippen LogP contribution in [0, 0.1) is 5.82 Å². The molecule has 0 aliphatic carbocycles. The molecule has 0 spiro atoms. The number of benzene rings is 1. The number of hydrogen-bond acceptors (Lipinski definition) is 5. The van der Waals surface area contributed by atoms with Gasteiger partial charge < -0.3 is 0 Å². The molecule has 0 fully saturated rings. The van der Waals surface area contributed by atoms with Crippen LogP contribution >= 0.6 is 45.3 Å². The van der Waals surface area contributed by atoms with Crippen LogP contribution in [0.15, 0.2) is 53.2 Å². The van der Waals surface area contributed by atoms with Crippen molar-refractivity contribution in [3.63, 3.8) is 0 Å². The maximum Gasteiger partial charge on any atom is 0.202 e. The number of halogens is 1. The lowest BCUT2D eigenvalue weighted by molar-refractivity contribution is 0.104. The average molecular weight is 651 g/mol. The normalized spacial score (nSPS) is 11.6. The summed E-state index contributed by atoms with van der Waals surface area (Å²) in [7, 11) is 0. The fourth-order valence-electron chi connectivity index (χ4n) is 5.60. The van der Waals surface area contributed by atoms with Crippen LogP contribution in [0.1, 0.15) is 117 Å². The molecule has 0 amide bonds. The zero-order valence-corrected chi connectivity index (χ0v) is 28.8. The largest absolute Gasteiger partial charge is 0.288 e. The number of carbonyl (C=O) groups is 1. The minimum absolute atomic E-state index is 0.0343. The van der Waals surface area contributed by atoms with Crippen molar-refractivity contribution in [2.24, 2.45) is 0 Å². The molecule has 43 heavy (non-hydrogen) atoms. The third-order valence-corrected chi connectivity index (χ3v) is 12.9. The summed E-state index contributed by atoms with van der Waals surface area (Å²) in [5.74, 6) is -0.357. The number of unbranched alkanes of at least 4 members (excludes halogenated alkanes) is 10. The minimum Gasteiger partial charge on any atom is -0.288 e. The molecule has 1 aromatic carbocycles. The molecule has 0 atom stereocenters. The van der Waals surface area contributed by atoms with Crippen LogP contribution in [-0.4, -0.2) is 5.78 Å². The zero-order valence-electron chi connectivity index (χ0n) is 25.5. The van der Waals surface area contributed by atoms with Gasteiger partial charge in [-0.15, -0.1) is 45.3 Å². The number of fused-ring (bicyclic) bond motifs is 1. The Labute approximate surface area is 272 Å². The molecule has 0 N–H and O–H groups in total. The smallest absolute Gasteiger partial charge is 0.202 e. The Hall–Kier alpha value is -2.12. The number of hydrogen-bond donors (Lipinski definition) is 0. The molecule has 5 aromatic rings. The summed E-state index contributed by atoms with van der Waals surface area (Å²) in [5.41, 5.74) is 3.38. The summed E-state index contributed by atoms with van der Waals surface area (Å²) in [6.07, 6.45) is 18.0. The highest BCUT2D eigenvalue weighted by Gasteiger charge is 2.22. The Kier molecular flexibility index (Phi) is 12.2. The fraction of sp³-hybridized carbons (Fsp3) is 0.432. The van der Waals surface area contributed by atoms with Gasteiger partial charge in [-0.05, 0) is 90.0 Å². The van der Waals surface area contributed by atoms with Crippen molar-refractivity contribution < 1.29 is 9.18 Å². The summed E-state index contributed by atoms with van der Waals surface area (Å²) in [4.78, 5) is 19.3. The Morgan fingerprint density at radius 3 is 1.77 bits per heavy atom. The van der Waals surface area contributed by atoms with E-state index < -0.39 is 0 Å². The third kappa shape index (κ3) is 8.54. The van der Waals surface area contributed by atoms with Gasteiger partial charge in [-0.3, -0.25) is 4.79 Å². The first-order valence-corrected chi connectivity index (χ1v) is 19.5. The van der Waals surface area contributed by atoms with E-state index in [0.29, 0.717) is 5.56 Å². The Bertz CT molecular complexity index is 1500. The second kappa shape index (κ2) is 16.3. The minimum atomic E-state index is -0.322. The van der Waals surface area contributed by atoms with Gasteiger partial charge >= 0.3 is 0 Å². The predicted molar refractivity (Wildman–Crippen MR) is 190 cm³/mol. The van der Waals surface area contributed by atoms with Crippen molar-refractivity contribution in [1.82, 2.24) is 0 Å². The number of ketones is 1. The molecule has 0 aliphatic heterocycles. The van der Waals surface area contributed by atoms with E-state index in [9.17, 15) is 9.18 Å². The van der Waals surface area contributed by atoms with Crippen LogP contribution in [0.4, 0.5) is 4.39 Å². The molecule has 0 saturated carbocycles. The molecule has 6 heteroatoms. The van der Waals surface area contributed by atoms with Crippen LogP contribution < -0.4 is 0 Å². The van der Waals surface area contributed by atoms with Crippen molar-refractivity contribution in [3.8, 4) is 19.5 Å². The molecule has 4 heterocycles. The van der Waals surface area contributed by atoms with E-state index in [1.807, 2.05) is 34.0 Å². The lowest BCUT2D eigenvalue weighted by atomic mass is 10.1. The first kappa shape index (κ1) is 32.3. The van der Waals surface area contributed by atoms with E-state index in [-0.39, 0.29) is 11.6 Å². The lowest BCUT2D eigenvalue weighted by Gasteiger charge is -2.00. The SMILES string of the molecule is CCCCCCCCc1csc(-c2sc(-c3cc(CCCCCCCC)cs3)c3sc(C(=O)c4ccc(F)cc4)cc23)c1. The van der Waals surface area contributed by atoms with Gasteiger partial charge in [-0.25, -0.2) is 4.39 Å². The number of aryl methyl sites for hydroxylation is 2. The number of thiophene rings is 4. The quantitative estimate of drug-likeness (QED) is 0.0681. The van der Waals surface area contributed by atoms with Crippen molar-refractivity contribution >= 4 is 61.2 Å². The molecule has 0 unspecified atom stereocenters. The van der Waals surface area contributed by atoms with Crippen molar-refractivity contribution in [3.05, 3.63) is 80.6 Å². The van der Waals surface area contributed by atoms with Crippen LogP contribution in [0.25, 0.3) is 29.6 Å². The van der Waals surface area contributed by atoms with E-state index in [1.54, 1.807) is 23.5 Å². The van der Waals surface area contributed by atoms with Gasteiger partial charge in [0.2, 0.25) is 5.78 Å². The highest BCUT2D eigenvalue weighted by atomic mass is 32.1. The Morgan fingerprint density at radius 2 is 1.19 bits per heavy atom. The summed E-state index contributed by atoms with van der Waals surface area (Å²) < 4.78 is 14.7. The first-order chi connectivity index (χ1) is 21.1. The van der Waals surface area contributed by atoms with Crippen LogP contribution in [0.2, 0.25) is 0 Å².